The summed E-state index contributed by atoms with van der Waals surface area (Å²) in [5.74, 6) is 0.431. The first-order valence-electron chi connectivity index (χ1n) is 11.9. The largest absolute Gasteiger partial charge is 0.490 e. The highest BCUT2D eigenvalue weighted by Crippen LogP contribution is 2.34. The standard InChI is InChI=1S/C25H32IN3O5/c1-5-32-23(30)22-20(26)21(16-8-10-18(11-9-16)33-19-12-13-19)27-29(22)17-7-6-14-28(15-17)24(31)34-25(2,3)4/h8-11,17,19H,5-7,12-15H2,1-4H3/t17-/m1/s1. The average Bonchev–Trinajstić information content (AvgIpc) is 3.53. The Hall–Kier alpha value is -2.30. The molecule has 1 aliphatic heterocycles. The number of hydrogen-bond donors (Lipinski definition) is 0. The maximum absolute atomic E-state index is 12.9. The lowest BCUT2D eigenvalue weighted by molar-refractivity contribution is 0.0165. The average molecular weight is 581 g/mol. The molecule has 2 heterocycles. The van der Waals surface area contributed by atoms with E-state index in [1.165, 1.54) is 0 Å². The van der Waals surface area contributed by atoms with Crippen LogP contribution in [-0.2, 0) is 9.47 Å². The third-order valence-corrected chi connectivity index (χ3v) is 6.69. The molecule has 9 heteroatoms. The molecule has 184 valence electrons. The number of rotatable bonds is 6. The van der Waals surface area contributed by atoms with Crippen LogP contribution in [-0.4, -0.2) is 58.1 Å². The van der Waals surface area contributed by atoms with Gasteiger partial charge in [0.05, 0.1) is 22.3 Å². The van der Waals surface area contributed by atoms with Gasteiger partial charge < -0.3 is 19.1 Å². The minimum atomic E-state index is -0.566. The molecule has 1 atom stereocenters. The Labute approximate surface area is 214 Å². The molecule has 1 saturated heterocycles. The van der Waals surface area contributed by atoms with Crippen molar-refractivity contribution in [2.24, 2.45) is 0 Å². The van der Waals surface area contributed by atoms with E-state index in [4.69, 9.17) is 19.3 Å². The van der Waals surface area contributed by atoms with Gasteiger partial charge in [0, 0.05) is 18.7 Å². The van der Waals surface area contributed by atoms with Gasteiger partial charge in [-0.25, -0.2) is 9.59 Å². The lowest BCUT2D eigenvalue weighted by Crippen LogP contribution is -2.44. The van der Waals surface area contributed by atoms with Gasteiger partial charge in [0.25, 0.3) is 0 Å². The Morgan fingerprint density at radius 1 is 1.15 bits per heavy atom. The van der Waals surface area contributed by atoms with Crippen LogP contribution in [0.2, 0.25) is 0 Å². The summed E-state index contributed by atoms with van der Waals surface area (Å²) >= 11 is 2.17. The Morgan fingerprint density at radius 2 is 1.85 bits per heavy atom. The predicted octanol–water partition coefficient (Wildman–Crippen LogP) is 5.44. The molecule has 0 bridgehead atoms. The zero-order valence-electron chi connectivity index (χ0n) is 20.2. The molecule has 8 nitrogen and oxygen atoms in total. The summed E-state index contributed by atoms with van der Waals surface area (Å²) in [6, 6.07) is 7.67. The van der Waals surface area contributed by atoms with Crippen molar-refractivity contribution < 1.29 is 23.8 Å². The first-order chi connectivity index (χ1) is 16.2. The molecule has 34 heavy (non-hydrogen) atoms. The summed E-state index contributed by atoms with van der Waals surface area (Å²) in [4.78, 5) is 27.3. The highest BCUT2D eigenvalue weighted by molar-refractivity contribution is 14.1. The Kier molecular flexibility index (Phi) is 7.39. The molecule has 1 saturated carbocycles. The topological polar surface area (TPSA) is 82.9 Å². The van der Waals surface area contributed by atoms with Crippen LogP contribution in [0.4, 0.5) is 4.79 Å². The third kappa shape index (κ3) is 5.84. The van der Waals surface area contributed by atoms with Crippen molar-refractivity contribution in [3.63, 3.8) is 0 Å². The van der Waals surface area contributed by atoms with Crippen LogP contribution in [0.25, 0.3) is 11.3 Å². The molecule has 0 unspecified atom stereocenters. The summed E-state index contributed by atoms with van der Waals surface area (Å²) < 4.78 is 19.3. The molecule has 2 aliphatic rings. The van der Waals surface area contributed by atoms with Gasteiger partial charge in [-0.05, 0) is 100 Å². The second-order valence-electron chi connectivity index (χ2n) is 9.74. The number of carbonyl (C=O) groups excluding carboxylic acids is 2. The van der Waals surface area contributed by atoms with Gasteiger partial charge in [-0.2, -0.15) is 5.10 Å². The van der Waals surface area contributed by atoms with Gasteiger partial charge >= 0.3 is 12.1 Å². The molecule has 4 rings (SSSR count). The number of ether oxygens (including phenoxy) is 3. The normalized spacial score (nSPS) is 18.5. The molecule has 0 N–H and O–H groups in total. The molecule has 2 aromatic rings. The van der Waals surface area contributed by atoms with Crippen molar-refractivity contribution in [3.05, 3.63) is 33.5 Å². The molecule has 0 spiro atoms. The molecular weight excluding hydrogens is 549 g/mol. The van der Waals surface area contributed by atoms with Crippen molar-refractivity contribution in [2.75, 3.05) is 19.7 Å². The second kappa shape index (κ2) is 10.1. The van der Waals surface area contributed by atoms with Crippen molar-refractivity contribution in [3.8, 4) is 17.0 Å². The van der Waals surface area contributed by atoms with Crippen LogP contribution in [0.1, 0.15) is 69.9 Å². The number of aromatic nitrogens is 2. The number of carbonyl (C=O) groups is 2. The van der Waals surface area contributed by atoms with Crippen LogP contribution >= 0.6 is 22.6 Å². The minimum absolute atomic E-state index is 0.152. The highest BCUT2D eigenvalue weighted by Gasteiger charge is 2.33. The predicted molar refractivity (Wildman–Crippen MR) is 136 cm³/mol. The Balaban J connectivity index is 1.63. The highest BCUT2D eigenvalue weighted by atomic mass is 127. The first kappa shape index (κ1) is 24.8. The van der Waals surface area contributed by atoms with Crippen molar-refractivity contribution >= 4 is 34.7 Å². The molecule has 1 aromatic carbocycles. The monoisotopic (exact) mass is 581 g/mol. The van der Waals surface area contributed by atoms with Gasteiger partial charge in [-0.1, -0.05) is 0 Å². The Bertz CT molecular complexity index is 1040. The number of halogens is 1. The maximum atomic E-state index is 12.9. The van der Waals surface area contributed by atoms with Gasteiger partial charge in [0.15, 0.2) is 5.69 Å². The number of esters is 1. The van der Waals surface area contributed by atoms with E-state index in [0.717, 1.165) is 46.3 Å². The van der Waals surface area contributed by atoms with Crippen molar-refractivity contribution in [2.45, 2.75) is 71.1 Å². The van der Waals surface area contributed by atoms with E-state index >= 15 is 0 Å². The molecule has 0 radical (unpaired) electrons. The van der Waals surface area contributed by atoms with E-state index < -0.39 is 11.6 Å². The number of amides is 1. The van der Waals surface area contributed by atoms with Gasteiger partial charge in [-0.3, -0.25) is 4.68 Å². The fourth-order valence-electron chi connectivity index (χ4n) is 3.96. The SMILES string of the molecule is CCOC(=O)c1c(I)c(-c2ccc(OC3CC3)cc2)nn1[C@@H]1CCCN(C(=O)OC(C)(C)C)C1. The summed E-state index contributed by atoms with van der Waals surface area (Å²) in [6.45, 7) is 8.67. The molecule has 1 aliphatic carbocycles. The number of likely N-dealkylation sites (tertiary alicyclic amines) is 1. The minimum Gasteiger partial charge on any atom is -0.490 e. The number of piperidine rings is 1. The van der Waals surface area contributed by atoms with Crippen molar-refractivity contribution in [1.29, 1.82) is 0 Å². The fourth-order valence-corrected chi connectivity index (χ4v) is 4.85. The number of nitrogens with zero attached hydrogens (tertiary/aromatic N) is 3. The quantitative estimate of drug-likeness (QED) is 0.334. The van der Waals surface area contributed by atoms with E-state index in [9.17, 15) is 9.59 Å². The molecule has 1 aromatic heterocycles. The maximum Gasteiger partial charge on any atom is 0.410 e. The molecule has 1 amide bonds. The van der Waals surface area contributed by atoms with E-state index in [0.29, 0.717) is 24.9 Å². The Morgan fingerprint density at radius 3 is 2.47 bits per heavy atom. The first-order valence-corrected chi connectivity index (χ1v) is 12.9. The van der Waals surface area contributed by atoms with Crippen LogP contribution < -0.4 is 4.74 Å². The molecular formula is C25H32IN3O5. The molecule has 2 fully saturated rings. The van der Waals surface area contributed by atoms with Crippen molar-refractivity contribution in [1.82, 2.24) is 14.7 Å². The van der Waals surface area contributed by atoms with Gasteiger partial charge in [0.2, 0.25) is 0 Å². The summed E-state index contributed by atoms with van der Waals surface area (Å²) in [7, 11) is 0. The van der Waals surface area contributed by atoms with E-state index in [2.05, 4.69) is 22.6 Å². The van der Waals surface area contributed by atoms with Crippen LogP contribution in [0.3, 0.4) is 0 Å². The van der Waals surface area contributed by atoms with E-state index in [-0.39, 0.29) is 18.7 Å². The van der Waals surface area contributed by atoms with Crippen LogP contribution in [0.5, 0.6) is 5.75 Å². The van der Waals surface area contributed by atoms with E-state index in [1.807, 2.05) is 45.0 Å². The number of benzene rings is 1. The summed E-state index contributed by atoms with van der Waals surface area (Å²) in [5, 5.41) is 4.87. The smallest absolute Gasteiger partial charge is 0.410 e. The number of hydrogen-bond acceptors (Lipinski definition) is 6. The van der Waals surface area contributed by atoms with E-state index in [1.54, 1.807) is 16.5 Å². The fraction of sp³-hybridized carbons (Fsp3) is 0.560. The summed E-state index contributed by atoms with van der Waals surface area (Å²) in [5.41, 5.74) is 1.48. The lowest BCUT2D eigenvalue weighted by atomic mass is 10.1. The zero-order chi connectivity index (χ0) is 24.5. The lowest BCUT2D eigenvalue weighted by Gasteiger charge is -2.34. The third-order valence-electron chi connectivity index (χ3n) is 5.67. The van der Waals surface area contributed by atoms with Gasteiger partial charge in [-0.15, -0.1) is 0 Å². The van der Waals surface area contributed by atoms with Gasteiger partial charge in [0.1, 0.15) is 17.0 Å². The van der Waals surface area contributed by atoms with Crippen LogP contribution in [0.15, 0.2) is 24.3 Å². The van der Waals surface area contributed by atoms with Crippen LogP contribution in [0, 0.1) is 3.57 Å². The zero-order valence-corrected chi connectivity index (χ0v) is 22.3. The second-order valence-corrected chi connectivity index (χ2v) is 10.8. The summed E-state index contributed by atoms with van der Waals surface area (Å²) in [6.07, 6.45) is 3.80.